The van der Waals surface area contributed by atoms with Crippen LogP contribution in [0.2, 0.25) is 0 Å². The van der Waals surface area contributed by atoms with Crippen LogP contribution in [0.15, 0.2) is 0 Å². The molecule has 0 aromatic carbocycles. The Bertz CT molecular complexity index is 177. The average molecular weight is 222 g/mol. The van der Waals surface area contributed by atoms with Gasteiger partial charge in [-0.1, -0.05) is 65.7 Å². The molecule has 0 rings (SSSR count). The second-order valence-electron chi connectivity index (χ2n) is 6.09. The SMILES string of the molecule is C#CCCCCCCCCCCC(C)(C)C. The number of hydrogen-bond acceptors (Lipinski definition) is 0. The van der Waals surface area contributed by atoms with E-state index in [1.807, 2.05) is 0 Å². The summed E-state index contributed by atoms with van der Waals surface area (Å²) in [6, 6.07) is 0. The van der Waals surface area contributed by atoms with Crippen LogP contribution < -0.4 is 0 Å². The van der Waals surface area contributed by atoms with Crippen LogP contribution in [0, 0.1) is 17.8 Å². The highest BCUT2D eigenvalue weighted by Crippen LogP contribution is 2.22. The first kappa shape index (κ1) is 15.6. The lowest BCUT2D eigenvalue weighted by atomic mass is 9.89. The Hall–Kier alpha value is -0.440. The van der Waals surface area contributed by atoms with Crippen LogP contribution in [-0.2, 0) is 0 Å². The summed E-state index contributed by atoms with van der Waals surface area (Å²) < 4.78 is 0. The minimum atomic E-state index is 0.523. The molecule has 0 saturated heterocycles. The van der Waals surface area contributed by atoms with Crippen molar-refractivity contribution in [2.24, 2.45) is 5.41 Å². The van der Waals surface area contributed by atoms with Crippen LogP contribution in [0.3, 0.4) is 0 Å². The summed E-state index contributed by atoms with van der Waals surface area (Å²) in [6.07, 6.45) is 18.5. The van der Waals surface area contributed by atoms with Crippen molar-refractivity contribution >= 4 is 0 Å². The summed E-state index contributed by atoms with van der Waals surface area (Å²) in [4.78, 5) is 0. The molecular formula is C16H30. The smallest absolute Gasteiger partial charge is 0.00860 e. The molecule has 0 aliphatic rings. The maximum atomic E-state index is 5.21. The fraction of sp³-hybridized carbons (Fsp3) is 0.875. The van der Waals surface area contributed by atoms with Gasteiger partial charge in [-0.15, -0.1) is 12.3 Å². The highest BCUT2D eigenvalue weighted by atomic mass is 14.1. The lowest BCUT2D eigenvalue weighted by Crippen LogP contribution is -2.03. The molecule has 0 heteroatoms. The van der Waals surface area contributed by atoms with E-state index in [1.54, 1.807) is 0 Å². The fourth-order valence-corrected chi connectivity index (χ4v) is 1.94. The maximum absolute atomic E-state index is 5.21. The van der Waals surface area contributed by atoms with Crippen molar-refractivity contribution in [3.05, 3.63) is 0 Å². The number of rotatable bonds is 9. The lowest BCUT2D eigenvalue weighted by molar-refractivity contribution is 0.356. The van der Waals surface area contributed by atoms with Gasteiger partial charge in [-0.3, -0.25) is 0 Å². The number of terminal acetylenes is 1. The molecule has 0 aliphatic carbocycles. The topological polar surface area (TPSA) is 0 Å². The van der Waals surface area contributed by atoms with Gasteiger partial charge in [0.1, 0.15) is 0 Å². The largest absolute Gasteiger partial charge is 0.120 e. The van der Waals surface area contributed by atoms with E-state index in [0.29, 0.717) is 5.41 Å². The quantitative estimate of drug-likeness (QED) is 0.353. The summed E-state index contributed by atoms with van der Waals surface area (Å²) >= 11 is 0. The Labute approximate surface area is 103 Å². The highest BCUT2D eigenvalue weighted by Gasteiger charge is 2.08. The van der Waals surface area contributed by atoms with Gasteiger partial charge in [0.05, 0.1) is 0 Å². The van der Waals surface area contributed by atoms with E-state index in [2.05, 4.69) is 26.7 Å². The molecule has 0 aromatic heterocycles. The first-order chi connectivity index (χ1) is 7.56. The van der Waals surface area contributed by atoms with Crippen molar-refractivity contribution in [3.8, 4) is 12.3 Å². The Kier molecular flexibility index (Phi) is 9.49. The van der Waals surface area contributed by atoms with Crippen LogP contribution in [-0.4, -0.2) is 0 Å². The van der Waals surface area contributed by atoms with Gasteiger partial charge in [0.25, 0.3) is 0 Å². The Morgan fingerprint density at radius 2 is 1.19 bits per heavy atom. The number of hydrogen-bond donors (Lipinski definition) is 0. The van der Waals surface area contributed by atoms with Gasteiger partial charge in [0, 0.05) is 6.42 Å². The van der Waals surface area contributed by atoms with Crippen molar-refractivity contribution in [1.82, 2.24) is 0 Å². The summed E-state index contributed by atoms with van der Waals surface area (Å²) in [7, 11) is 0. The van der Waals surface area contributed by atoms with Crippen LogP contribution in [0.1, 0.15) is 85.0 Å². The molecule has 0 spiro atoms. The van der Waals surface area contributed by atoms with Crippen molar-refractivity contribution in [1.29, 1.82) is 0 Å². The first-order valence-corrected chi connectivity index (χ1v) is 7.00. The zero-order valence-corrected chi connectivity index (χ0v) is 11.6. The summed E-state index contributed by atoms with van der Waals surface area (Å²) in [6.45, 7) is 7.00. The Morgan fingerprint density at radius 1 is 0.750 bits per heavy atom. The summed E-state index contributed by atoms with van der Waals surface area (Å²) in [5.74, 6) is 2.70. The molecular weight excluding hydrogens is 192 g/mol. The van der Waals surface area contributed by atoms with Gasteiger partial charge in [-0.05, 0) is 18.3 Å². The molecule has 94 valence electrons. The minimum absolute atomic E-state index is 0.523. The molecule has 0 amide bonds. The van der Waals surface area contributed by atoms with Crippen molar-refractivity contribution in [3.63, 3.8) is 0 Å². The monoisotopic (exact) mass is 222 g/mol. The Morgan fingerprint density at radius 3 is 1.62 bits per heavy atom. The second-order valence-corrected chi connectivity index (χ2v) is 6.09. The van der Waals surface area contributed by atoms with Crippen LogP contribution >= 0.6 is 0 Å². The first-order valence-electron chi connectivity index (χ1n) is 7.00. The van der Waals surface area contributed by atoms with Gasteiger partial charge in [0.15, 0.2) is 0 Å². The van der Waals surface area contributed by atoms with E-state index in [9.17, 15) is 0 Å². The summed E-state index contributed by atoms with van der Waals surface area (Å²) in [5.41, 5.74) is 0.523. The normalized spacial score (nSPS) is 11.4. The molecule has 16 heavy (non-hydrogen) atoms. The lowest BCUT2D eigenvalue weighted by Gasteiger charge is -2.17. The van der Waals surface area contributed by atoms with Crippen LogP contribution in [0.4, 0.5) is 0 Å². The van der Waals surface area contributed by atoms with Crippen molar-refractivity contribution in [2.45, 2.75) is 85.0 Å². The molecule has 0 heterocycles. The molecule has 0 aromatic rings. The summed E-state index contributed by atoms with van der Waals surface area (Å²) in [5, 5.41) is 0. The predicted molar refractivity (Wildman–Crippen MR) is 74.5 cm³/mol. The van der Waals surface area contributed by atoms with E-state index in [-0.39, 0.29) is 0 Å². The van der Waals surface area contributed by atoms with E-state index in [0.717, 1.165) is 6.42 Å². The van der Waals surface area contributed by atoms with Gasteiger partial charge in [-0.2, -0.15) is 0 Å². The molecule has 0 fully saturated rings. The zero-order valence-electron chi connectivity index (χ0n) is 11.6. The van der Waals surface area contributed by atoms with E-state index < -0.39 is 0 Å². The van der Waals surface area contributed by atoms with Gasteiger partial charge in [0.2, 0.25) is 0 Å². The van der Waals surface area contributed by atoms with Gasteiger partial charge < -0.3 is 0 Å². The molecule has 0 atom stereocenters. The molecule has 0 unspecified atom stereocenters. The van der Waals surface area contributed by atoms with Crippen LogP contribution in [0.5, 0.6) is 0 Å². The second kappa shape index (κ2) is 9.76. The highest BCUT2D eigenvalue weighted by molar-refractivity contribution is 4.82. The van der Waals surface area contributed by atoms with Gasteiger partial charge >= 0.3 is 0 Å². The van der Waals surface area contributed by atoms with Gasteiger partial charge in [-0.25, -0.2) is 0 Å². The zero-order chi connectivity index (χ0) is 12.3. The standard InChI is InChI=1S/C16H30/c1-5-6-7-8-9-10-11-12-13-14-15-16(2,3)4/h1H,6-15H2,2-4H3. The van der Waals surface area contributed by atoms with E-state index >= 15 is 0 Å². The van der Waals surface area contributed by atoms with E-state index in [4.69, 9.17) is 6.42 Å². The third-order valence-corrected chi connectivity index (χ3v) is 3.00. The van der Waals surface area contributed by atoms with Crippen molar-refractivity contribution in [2.75, 3.05) is 0 Å². The predicted octanol–water partition coefficient (Wildman–Crippen LogP) is 5.57. The molecule has 0 saturated carbocycles. The molecule has 0 N–H and O–H groups in total. The number of unbranched alkanes of at least 4 members (excludes halogenated alkanes) is 8. The van der Waals surface area contributed by atoms with Crippen LogP contribution in [0.25, 0.3) is 0 Å². The maximum Gasteiger partial charge on any atom is 0.00860 e. The molecule has 0 radical (unpaired) electrons. The molecule has 0 bridgehead atoms. The third kappa shape index (κ3) is 13.6. The molecule has 0 aliphatic heterocycles. The fourth-order valence-electron chi connectivity index (χ4n) is 1.94. The van der Waals surface area contributed by atoms with E-state index in [1.165, 1.54) is 57.8 Å². The average Bonchev–Trinajstić information content (AvgIpc) is 2.19. The Balaban J connectivity index is 3.02. The van der Waals surface area contributed by atoms with Crippen molar-refractivity contribution < 1.29 is 0 Å². The third-order valence-electron chi connectivity index (χ3n) is 3.00. The molecule has 0 nitrogen and oxygen atoms in total. The minimum Gasteiger partial charge on any atom is -0.120 e.